The SMILES string of the molecule is CCOC(=O)c1cc2ccc(OC(=O)c3ccc(C)cc3)cc2oc1=O. The van der Waals surface area contributed by atoms with E-state index in [0.29, 0.717) is 10.9 Å². The van der Waals surface area contributed by atoms with Crippen LogP contribution in [0.25, 0.3) is 11.0 Å². The molecule has 26 heavy (non-hydrogen) atoms. The average molecular weight is 352 g/mol. The number of carbonyl (C=O) groups excluding carboxylic acids is 2. The van der Waals surface area contributed by atoms with E-state index in [1.54, 1.807) is 31.2 Å². The number of hydrogen-bond donors (Lipinski definition) is 0. The molecule has 2 aromatic carbocycles. The van der Waals surface area contributed by atoms with Gasteiger partial charge in [-0.05, 0) is 44.2 Å². The van der Waals surface area contributed by atoms with Crippen LogP contribution in [0.15, 0.2) is 57.7 Å². The van der Waals surface area contributed by atoms with E-state index in [4.69, 9.17) is 13.9 Å². The van der Waals surface area contributed by atoms with Gasteiger partial charge in [0.15, 0.2) is 0 Å². The Labute approximate surface area is 149 Å². The van der Waals surface area contributed by atoms with Crippen molar-refractivity contribution in [1.82, 2.24) is 0 Å². The lowest BCUT2D eigenvalue weighted by Crippen LogP contribution is -2.16. The maximum absolute atomic E-state index is 12.2. The van der Waals surface area contributed by atoms with Crippen molar-refractivity contribution in [2.45, 2.75) is 13.8 Å². The smallest absolute Gasteiger partial charge is 0.351 e. The van der Waals surface area contributed by atoms with Crippen LogP contribution in [0.2, 0.25) is 0 Å². The Kier molecular flexibility index (Phi) is 4.84. The highest BCUT2D eigenvalue weighted by atomic mass is 16.5. The zero-order chi connectivity index (χ0) is 18.7. The van der Waals surface area contributed by atoms with Crippen LogP contribution in [0.4, 0.5) is 0 Å². The molecule has 6 nitrogen and oxygen atoms in total. The summed E-state index contributed by atoms with van der Waals surface area (Å²) >= 11 is 0. The Morgan fingerprint density at radius 2 is 1.73 bits per heavy atom. The Morgan fingerprint density at radius 3 is 2.42 bits per heavy atom. The fraction of sp³-hybridized carbons (Fsp3) is 0.150. The first kappa shape index (κ1) is 17.4. The van der Waals surface area contributed by atoms with Crippen LogP contribution in [0, 0.1) is 6.92 Å². The van der Waals surface area contributed by atoms with Crippen molar-refractivity contribution in [3.05, 3.63) is 75.6 Å². The molecule has 0 saturated heterocycles. The molecule has 0 aliphatic rings. The fourth-order valence-corrected chi connectivity index (χ4v) is 2.36. The van der Waals surface area contributed by atoms with Gasteiger partial charge in [0.2, 0.25) is 0 Å². The van der Waals surface area contributed by atoms with E-state index in [2.05, 4.69) is 0 Å². The summed E-state index contributed by atoms with van der Waals surface area (Å²) in [6.07, 6.45) is 0. The van der Waals surface area contributed by atoms with Gasteiger partial charge in [-0.1, -0.05) is 17.7 Å². The van der Waals surface area contributed by atoms with Crippen LogP contribution in [0.5, 0.6) is 5.75 Å². The van der Waals surface area contributed by atoms with Gasteiger partial charge >= 0.3 is 17.6 Å². The Balaban J connectivity index is 1.88. The lowest BCUT2D eigenvalue weighted by Gasteiger charge is -2.06. The van der Waals surface area contributed by atoms with E-state index in [1.807, 2.05) is 19.1 Å². The van der Waals surface area contributed by atoms with E-state index in [9.17, 15) is 14.4 Å². The summed E-state index contributed by atoms with van der Waals surface area (Å²) in [5.74, 6) is -1.03. The maximum Gasteiger partial charge on any atom is 0.351 e. The number of benzene rings is 2. The third kappa shape index (κ3) is 3.64. The molecule has 0 amide bonds. The van der Waals surface area contributed by atoms with Gasteiger partial charge in [0.05, 0.1) is 12.2 Å². The second-order valence-corrected chi connectivity index (χ2v) is 5.62. The molecule has 3 aromatic rings. The molecule has 3 rings (SSSR count). The molecule has 6 heteroatoms. The van der Waals surface area contributed by atoms with Crippen molar-refractivity contribution in [3.8, 4) is 5.75 Å². The zero-order valence-corrected chi connectivity index (χ0v) is 14.3. The largest absolute Gasteiger partial charge is 0.462 e. The van der Waals surface area contributed by atoms with Crippen LogP contribution in [0.3, 0.4) is 0 Å². The standard InChI is InChI=1S/C20H16O6/c1-3-24-19(22)16-10-14-8-9-15(11-17(14)26-20(16)23)25-18(21)13-6-4-12(2)5-7-13/h4-11H,3H2,1-2H3. The molecule has 0 aliphatic carbocycles. The van der Waals surface area contributed by atoms with Crippen molar-refractivity contribution < 1.29 is 23.5 Å². The molecule has 0 radical (unpaired) electrons. The van der Waals surface area contributed by atoms with E-state index in [1.165, 1.54) is 12.1 Å². The van der Waals surface area contributed by atoms with Gasteiger partial charge in [-0.15, -0.1) is 0 Å². The average Bonchev–Trinajstić information content (AvgIpc) is 2.61. The fourth-order valence-electron chi connectivity index (χ4n) is 2.36. The molecule has 1 heterocycles. The lowest BCUT2D eigenvalue weighted by atomic mass is 10.1. The number of aryl methyl sites for hydroxylation is 1. The molecule has 0 fully saturated rings. The first-order valence-electron chi connectivity index (χ1n) is 8.02. The minimum atomic E-state index is -0.807. The van der Waals surface area contributed by atoms with Crippen molar-refractivity contribution >= 4 is 22.9 Å². The predicted molar refractivity (Wildman–Crippen MR) is 94.6 cm³/mol. The highest BCUT2D eigenvalue weighted by molar-refractivity contribution is 5.94. The van der Waals surface area contributed by atoms with Gasteiger partial charge in [-0.2, -0.15) is 0 Å². The van der Waals surface area contributed by atoms with Crippen LogP contribution >= 0.6 is 0 Å². The highest BCUT2D eigenvalue weighted by Gasteiger charge is 2.16. The number of fused-ring (bicyclic) bond motifs is 1. The summed E-state index contributed by atoms with van der Waals surface area (Å²) < 4.78 is 15.3. The van der Waals surface area contributed by atoms with Crippen molar-refractivity contribution in [2.75, 3.05) is 6.61 Å². The molecule has 0 spiro atoms. The van der Waals surface area contributed by atoms with E-state index in [0.717, 1.165) is 5.56 Å². The van der Waals surface area contributed by atoms with Gasteiger partial charge in [-0.25, -0.2) is 14.4 Å². The lowest BCUT2D eigenvalue weighted by molar-refractivity contribution is 0.0521. The number of ether oxygens (including phenoxy) is 2. The third-order valence-electron chi connectivity index (χ3n) is 3.70. The summed E-state index contributed by atoms with van der Waals surface area (Å²) in [6, 6.07) is 12.9. The molecule has 1 aromatic heterocycles. The summed E-state index contributed by atoms with van der Waals surface area (Å²) in [6.45, 7) is 3.73. The number of esters is 2. The van der Waals surface area contributed by atoms with Crippen molar-refractivity contribution in [3.63, 3.8) is 0 Å². The van der Waals surface area contributed by atoms with Crippen molar-refractivity contribution in [2.24, 2.45) is 0 Å². The minimum absolute atomic E-state index is 0.157. The van der Waals surface area contributed by atoms with Gasteiger partial charge in [0.1, 0.15) is 16.9 Å². The molecule has 0 bridgehead atoms. The molecule has 0 saturated carbocycles. The van der Waals surface area contributed by atoms with E-state index in [-0.39, 0.29) is 23.5 Å². The summed E-state index contributed by atoms with van der Waals surface area (Å²) in [5.41, 5.74) is 0.667. The second-order valence-electron chi connectivity index (χ2n) is 5.62. The molecule has 0 N–H and O–H groups in total. The molecular weight excluding hydrogens is 336 g/mol. The van der Waals surface area contributed by atoms with Gasteiger partial charge in [0.25, 0.3) is 0 Å². The molecular formula is C20H16O6. The number of rotatable bonds is 4. The first-order valence-corrected chi connectivity index (χ1v) is 8.02. The minimum Gasteiger partial charge on any atom is -0.462 e. The van der Waals surface area contributed by atoms with E-state index >= 15 is 0 Å². The van der Waals surface area contributed by atoms with Crippen LogP contribution < -0.4 is 10.4 Å². The summed E-state index contributed by atoms with van der Waals surface area (Å²) in [7, 11) is 0. The zero-order valence-electron chi connectivity index (χ0n) is 14.3. The predicted octanol–water partition coefficient (Wildman–Crippen LogP) is 3.50. The monoisotopic (exact) mass is 352 g/mol. The Hall–Kier alpha value is -3.41. The molecule has 132 valence electrons. The van der Waals surface area contributed by atoms with Gasteiger partial charge in [-0.3, -0.25) is 0 Å². The number of carbonyl (C=O) groups is 2. The third-order valence-corrected chi connectivity index (χ3v) is 3.70. The quantitative estimate of drug-likeness (QED) is 0.406. The molecule has 0 aliphatic heterocycles. The van der Waals surface area contributed by atoms with Crippen LogP contribution in [0.1, 0.15) is 33.2 Å². The van der Waals surface area contributed by atoms with E-state index < -0.39 is 17.6 Å². The summed E-state index contributed by atoms with van der Waals surface area (Å²) in [5, 5.41) is 0.516. The second kappa shape index (κ2) is 7.23. The normalized spacial score (nSPS) is 10.5. The first-order chi connectivity index (χ1) is 12.5. The highest BCUT2D eigenvalue weighted by Crippen LogP contribution is 2.22. The van der Waals surface area contributed by atoms with Gasteiger partial charge in [0, 0.05) is 11.5 Å². The molecule has 0 atom stereocenters. The topological polar surface area (TPSA) is 82.8 Å². The van der Waals surface area contributed by atoms with Gasteiger partial charge < -0.3 is 13.9 Å². The maximum atomic E-state index is 12.2. The van der Waals surface area contributed by atoms with Crippen LogP contribution in [-0.4, -0.2) is 18.5 Å². The van der Waals surface area contributed by atoms with Crippen LogP contribution in [-0.2, 0) is 4.74 Å². The number of hydrogen-bond acceptors (Lipinski definition) is 6. The Bertz CT molecular complexity index is 1030. The summed E-state index contributed by atoms with van der Waals surface area (Å²) in [4.78, 5) is 35.9. The molecule has 0 unspecified atom stereocenters. The van der Waals surface area contributed by atoms with Crippen molar-refractivity contribution in [1.29, 1.82) is 0 Å². The Morgan fingerprint density at radius 1 is 1.00 bits per heavy atom.